The molecule has 5 nitrogen and oxygen atoms in total. The van der Waals surface area contributed by atoms with Crippen LogP contribution >= 0.6 is 11.3 Å². The van der Waals surface area contributed by atoms with Crippen LogP contribution in [0.2, 0.25) is 0 Å². The maximum Gasteiger partial charge on any atom is 0.333 e. The van der Waals surface area contributed by atoms with Crippen LogP contribution in [0.3, 0.4) is 0 Å². The molecule has 1 aromatic rings. The number of rotatable bonds is 4. The Morgan fingerprint density at radius 3 is 2.67 bits per heavy atom. The number of aliphatic carboxylic acids is 1. The van der Waals surface area contributed by atoms with Gasteiger partial charge in [0.2, 0.25) is 5.91 Å². The van der Waals surface area contributed by atoms with Crippen LogP contribution in [0.15, 0.2) is 11.6 Å². The van der Waals surface area contributed by atoms with Crippen molar-refractivity contribution >= 4 is 23.2 Å². The summed E-state index contributed by atoms with van der Waals surface area (Å²) in [5, 5.41) is 11.2. The number of amides is 1. The van der Waals surface area contributed by atoms with E-state index in [-0.39, 0.29) is 5.91 Å². The molecule has 1 amide bonds. The normalized spacial score (nSPS) is 12.1. The number of likely N-dealkylation sites (N-methyl/N-ethyl adjacent to an activating group) is 1. The van der Waals surface area contributed by atoms with E-state index in [9.17, 15) is 9.59 Å². The summed E-state index contributed by atoms with van der Waals surface area (Å²) in [5.41, 5.74) is 0. The number of carboxylic acid groups (broad SMARTS) is 1. The van der Waals surface area contributed by atoms with E-state index < -0.39 is 12.0 Å². The van der Waals surface area contributed by atoms with Crippen LogP contribution in [-0.4, -0.2) is 33.4 Å². The van der Waals surface area contributed by atoms with Gasteiger partial charge in [-0.15, -0.1) is 11.3 Å². The van der Waals surface area contributed by atoms with Crippen molar-refractivity contribution in [3.63, 3.8) is 0 Å². The number of carbonyl (C=O) groups excluding carboxylic acids is 1. The lowest BCUT2D eigenvalue weighted by Gasteiger charge is -2.24. The molecular formula is C9H12N2O3S. The van der Waals surface area contributed by atoms with E-state index in [1.54, 1.807) is 12.3 Å². The maximum absolute atomic E-state index is 11.3. The first kappa shape index (κ1) is 11.6. The van der Waals surface area contributed by atoms with Gasteiger partial charge >= 0.3 is 5.97 Å². The van der Waals surface area contributed by atoms with Gasteiger partial charge in [-0.05, 0) is 6.92 Å². The van der Waals surface area contributed by atoms with Gasteiger partial charge in [-0.3, -0.25) is 4.79 Å². The molecule has 1 N–H and O–H groups in total. The zero-order chi connectivity index (χ0) is 11.4. The first-order valence-electron chi connectivity index (χ1n) is 4.47. The molecule has 15 heavy (non-hydrogen) atoms. The van der Waals surface area contributed by atoms with Crippen molar-refractivity contribution < 1.29 is 14.7 Å². The Labute approximate surface area is 91.4 Å². The van der Waals surface area contributed by atoms with Crippen molar-refractivity contribution in [2.75, 3.05) is 6.54 Å². The van der Waals surface area contributed by atoms with E-state index in [0.29, 0.717) is 11.6 Å². The smallest absolute Gasteiger partial charge is 0.333 e. The predicted molar refractivity (Wildman–Crippen MR) is 55.6 cm³/mol. The maximum atomic E-state index is 11.3. The van der Waals surface area contributed by atoms with Crippen molar-refractivity contribution in [3.8, 4) is 0 Å². The molecule has 1 atom stereocenters. The molecule has 0 saturated carbocycles. The third kappa shape index (κ3) is 2.53. The average Bonchev–Trinajstić information content (AvgIpc) is 2.64. The average molecular weight is 228 g/mol. The lowest BCUT2D eigenvalue weighted by Crippen LogP contribution is -2.37. The number of hydrogen-bond donors (Lipinski definition) is 1. The van der Waals surface area contributed by atoms with Crippen LogP contribution in [0, 0.1) is 0 Å². The molecule has 0 aromatic carbocycles. The number of hydrogen-bond acceptors (Lipinski definition) is 4. The van der Waals surface area contributed by atoms with Crippen LogP contribution in [0.25, 0.3) is 0 Å². The summed E-state index contributed by atoms with van der Waals surface area (Å²) in [4.78, 5) is 27.5. The van der Waals surface area contributed by atoms with Crippen molar-refractivity contribution in [3.05, 3.63) is 16.6 Å². The minimum atomic E-state index is -1.05. The molecule has 0 aliphatic carbocycles. The summed E-state index contributed by atoms with van der Waals surface area (Å²) >= 11 is 1.23. The molecule has 1 rings (SSSR count). The molecule has 0 spiro atoms. The monoisotopic (exact) mass is 228 g/mol. The molecule has 0 fully saturated rings. The van der Waals surface area contributed by atoms with Gasteiger partial charge in [0.05, 0.1) is 0 Å². The molecule has 0 saturated heterocycles. The Balaban J connectivity index is 3.02. The fourth-order valence-electron chi connectivity index (χ4n) is 1.33. The van der Waals surface area contributed by atoms with Crippen LogP contribution in [0.4, 0.5) is 0 Å². The third-order valence-corrected chi connectivity index (χ3v) is 2.80. The fraction of sp³-hybridized carbons (Fsp3) is 0.444. The fourth-order valence-corrected chi connectivity index (χ4v) is 2.07. The van der Waals surface area contributed by atoms with E-state index in [4.69, 9.17) is 5.11 Å². The van der Waals surface area contributed by atoms with Gasteiger partial charge in [0.1, 0.15) is 5.01 Å². The summed E-state index contributed by atoms with van der Waals surface area (Å²) < 4.78 is 0. The van der Waals surface area contributed by atoms with Crippen LogP contribution < -0.4 is 0 Å². The van der Waals surface area contributed by atoms with Gasteiger partial charge in [0.25, 0.3) is 0 Å². The van der Waals surface area contributed by atoms with Gasteiger partial charge in [-0.2, -0.15) is 0 Å². The molecule has 0 bridgehead atoms. The lowest BCUT2D eigenvalue weighted by molar-refractivity contribution is -0.149. The number of aromatic nitrogens is 1. The van der Waals surface area contributed by atoms with Gasteiger partial charge < -0.3 is 10.0 Å². The second-order valence-electron chi connectivity index (χ2n) is 2.92. The lowest BCUT2D eigenvalue weighted by atomic mass is 10.2. The molecule has 1 unspecified atom stereocenters. The quantitative estimate of drug-likeness (QED) is 0.838. The van der Waals surface area contributed by atoms with Gasteiger partial charge in [-0.25, -0.2) is 9.78 Å². The highest BCUT2D eigenvalue weighted by Gasteiger charge is 2.30. The largest absolute Gasteiger partial charge is 0.479 e. The van der Waals surface area contributed by atoms with Crippen molar-refractivity contribution in [2.24, 2.45) is 0 Å². The summed E-state index contributed by atoms with van der Waals surface area (Å²) in [6.45, 7) is 3.45. The van der Waals surface area contributed by atoms with E-state index in [2.05, 4.69) is 4.98 Å². The molecular weight excluding hydrogens is 216 g/mol. The molecule has 82 valence electrons. The highest BCUT2D eigenvalue weighted by molar-refractivity contribution is 7.09. The summed E-state index contributed by atoms with van der Waals surface area (Å²) in [6, 6.07) is -0.965. The summed E-state index contributed by atoms with van der Waals surface area (Å²) in [7, 11) is 0. The van der Waals surface area contributed by atoms with Crippen molar-refractivity contribution in [2.45, 2.75) is 19.9 Å². The van der Waals surface area contributed by atoms with E-state index in [1.807, 2.05) is 0 Å². The Hall–Kier alpha value is -1.43. The van der Waals surface area contributed by atoms with E-state index >= 15 is 0 Å². The zero-order valence-corrected chi connectivity index (χ0v) is 9.32. The Bertz CT molecular complexity index is 350. The zero-order valence-electron chi connectivity index (χ0n) is 8.51. The molecule has 0 aliphatic rings. The molecule has 0 radical (unpaired) electrons. The first-order valence-corrected chi connectivity index (χ1v) is 5.35. The molecule has 1 heterocycles. The van der Waals surface area contributed by atoms with Crippen molar-refractivity contribution in [1.29, 1.82) is 0 Å². The molecule has 0 aliphatic heterocycles. The van der Waals surface area contributed by atoms with E-state index in [1.165, 1.54) is 29.4 Å². The second-order valence-corrected chi connectivity index (χ2v) is 3.84. The number of carboxylic acids is 1. The van der Waals surface area contributed by atoms with Gasteiger partial charge in [0.15, 0.2) is 6.04 Å². The van der Waals surface area contributed by atoms with Crippen LogP contribution in [-0.2, 0) is 9.59 Å². The highest BCUT2D eigenvalue weighted by Crippen LogP contribution is 2.22. The number of carbonyl (C=O) groups is 2. The van der Waals surface area contributed by atoms with Crippen LogP contribution in [0.1, 0.15) is 24.9 Å². The molecule has 6 heteroatoms. The highest BCUT2D eigenvalue weighted by atomic mass is 32.1. The summed E-state index contributed by atoms with van der Waals surface area (Å²) in [6.07, 6.45) is 1.53. The Morgan fingerprint density at radius 2 is 2.33 bits per heavy atom. The standard InChI is InChI=1S/C9H12N2O3S/c1-3-11(6(2)12)7(9(13)14)8-10-4-5-15-8/h4-5,7H,3H2,1-2H3,(H,13,14). The summed E-state index contributed by atoms with van der Waals surface area (Å²) in [5.74, 6) is -1.32. The first-order chi connectivity index (χ1) is 7.07. The second kappa shape index (κ2) is 4.88. The topological polar surface area (TPSA) is 70.5 Å². The van der Waals surface area contributed by atoms with Gasteiger partial charge in [0, 0.05) is 25.0 Å². The van der Waals surface area contributed by atoms with Gasteiger partial charge in [-0.1, -0.05) is 0 Å². The van der Waals surface area contributed by atoms with Crippen molar-refractivity contribution in [1.82, 2.24) is 9.88 Å². The number of nitrogens with zero attached hydrogens (tertiary/aromatic N) is 2. The van der Waals surface area contributed by atoms with E-state index in [0.717, 1.165) is 0 Å². The number of thiazole rings is 1. The third-order valence-electron chi connectivity index (χ3n) is 1.98. The Morgan fingerprint density at radius 1 is 1.67 bits per heavy atom. The van der Waals surface area contributed by atoms with Crippen LogP contribution in [0.5, 0.6) is 0 Å². The SMILES string of the molecule is CCN(C(C)=O)C(C(=O)O)c1nccs1. The Kier molecular flexibility index (Phi) is 3.79. The minimum Gasteiger partial charge on any atom is -0.479 e. The molecule has 1 aromatic heterocycles. The minimum absolute atomic E-state index is 0.264. The predicted octanol–water partition coefficient (Wildman–Crippen LogP) is 1.14.